The average Bonchev–Trinajstić information content (AvgIpc) is 3.15. The Bertz CT molecular complexity index is 2590. The Kier molecular flexibility index (Phi) is 9.18. The van der Waals surface area contributed by atoms with Gasteiger partial charge < -0.3 is 20.4 Å². The molecule has 0 bridgehead atoms. The van der Waals surface area contributed by atoms with Crippen molar-refractivity contribution in [3.05, 3.63) is 150 Å². The summed E-state index contributed by atoms with van der Waals surface area (Å²) in [6, 6.07) is 38.7. The topological polar surface area (TPSA) is 150 Å². The van der Waals surface area contributed by atoms with Gasteiger partial charge in [0.1, 0.15) is 28.3 Å². The summed E-state index contributed by atoms with van der Waals surface area (Å²) >= 11 is 6.13. The highest BCUT2D eigenvalue weighted by Crippen LogP contribution is 2.35. The summed E-state index contributed by atoms with van der Waals surface area (Å²) < 4.78 is 0. The second kappa shape index (κ2) is 14.2. The highest BCUT2D eigenvalue weighted by molar-refractivity contribution is 6.30. The minimum absolute atomic E-state index is 0.0746. The molecular weight excluding hydrogens is 676 g/mol. The lowest BCUT2D eigenvalue weighted by atomic mass is 10.0. The molecule has 0 amide bonds. The number of carboxylic acids is 1. The molecule has 0 radical (unpaired) electrons. The second-order valence-corrected chi connectivity index (χ2v) is 12.4. The molecule has 8 aromatic rings. The Morgan fingerprint density at radius 2 is 0.981 bits per heavy atom. The molecule has 0 spiro atoms. The van der Waals surface area contributed by atoms with E-state index in [0.717, 1.165) is 27.8 Å². The number of hydrogen-bond acceptors (Lipinski definition) is 8. The predicted octanol–water partition coefficient (Wildman–Crippen LogP) is 9.70. The van der Waals surface area contributed by atoms with Gasteiger partial charge in [-0.05, 0) is 91.9 Å². The fraction of sp³-hybridized carbons (Fsp3) is 0.0238. The second-order valence-electron chi connectivity index (χ2n) is 11.9. The fourth-order valence-corrected chi connectivity index (χ4v) is 5.89. The van der Waals surface area contributed by atoms with Crippen LogP contribution in [0.3, 0.4) is 0 Å². The lowest BCUT2D eigenvalue weighted by Crippen LogP contribution is -2.02. The third kappa shape index (κ3) is 6.94. The normalized spacial score (nSPS) is 10.9. The molecule has 6 aromatic carbocycles. The maximum absolute atomic E-state index is 11.6. The zero-order valence-electron chi connectivity index (χ0n) is 27.6. The minimum Gasteiger partial charge on any atom is -0.508 e. The summed E-state index contributed by atoms with van der Waals surface area (Å²) in [4.78, 5) is 30.3. The first kappa shape index (κ1) is 33.6. The summed E-state index contributed by atoms with van der Waals surface area (Å²) in [6.07, 6.45) is 0. The number of nitrogens with zero attached hydrogens (tertiary/aromatic N) is 4. The van der Waals surface area contributed by atoms with E-state index in [1.807, 2.05) is 43.3 Å². The van der Waals surface area contributed by atoms with Gasteiger partial charge in [-0.25, -0.2) is 24.7 Å². The van der Waals surface area contributed by atoms with E-state index in [9.17, 15) is 25.2 Å². The van der Waals surface area contributed by atoms with Crippen LogP contribution in [-0.4, -0.2) is 46.3 Å². The van der Waals surface area contributed by atoms with E-state index in [-0.39, 0.29) is 22.8 Å². The number of carbonyl (C=O) groups is 1. The first-order valence-electron chi connectivity index (χ1n) is 16.1. The number of phenolic OH excluding ortho intramolecular Hbond substituents is 3. The number of aryl methyl sites for hydroxylation is 1. The van der Waals surface area contributed by atoms with Crippen LogP contribution in [0, 0.1) is 6.92 Å². The number of halogens is 1. The van der Waals surface area contributed by atoms with E-state index in [2.05, 4.69) is 9.97 Å². The molecule has 0 saturated carbocycles. The average molecular weight is 705 g/mol. The molecule has 254 valence electrons. The van der Waals surface area contributed by atoms with E-state index in [0.29, 0.717) is 49.9 Å². The van der Waals surface area contributed by atoms with Crippen LogP contribution in [0.1, 0.15) is 15.9 Å². The van der Waals surface area contributed by atoms with Crippen molar-refractivity contribution in [1.29, 1.82) is 0 Å². The van der Waals surface area contributed by atoms with Crippen molar-refractivity contribution in [3.8, 4) is 62.3 Å². The van der Waals surface area contributed by atoms with Crippen LogP contribution in [-0.2, 0) is 0 Å². The molecule has 0 fully saturated rings. The van der Waals surface area contributed by atoms with Crippen molar-refractivity contribution in [2.45, 2.75) is 6.92 Å². The van der Waals surface area contributed by atoms with Crippen molar-refractivity contribution in [1.82, 2.24) is 19.9 Å². The molecule has 0 aliphatic carbocycles. The molecular formula is C42H29ClN4O5. The number of aromatic carboxylic acids is 1. The van der Waals surface area contributed by atoms with Crippen LogP contribution in [0.25, 0.3) is 67.1 Å². The van der Waals surface area contributed by atoms with Crippen molar-refractivity contribution in [2.24, 2.45) is 0 Å². The molecule has 0 unspecified atom stereocenters. The van der Waals surface area contributed by atoms with Gasteiger partial charge in [0.25, 0.3) is 0 Å². The monoisotopic (exact) mass is 704 g/mol. The molecule has 0 aliphatic heterocycles. The van der Waals surface area contributed by atoms with Gasteiger partial charge in [0.15, 0.2) is 0 Å². The molecule has 0 saturated heterocycles. The molecule has 0 aliphatic rings. The Labute approximate surface area is 302 Å². The SMILES string of the molecule is Cc1ccc(-c2nc3cccc(C(=O)O)c3nc2-c2ccc(O)cc2)cc1.Oc1ccc(-c2nc3cccc(O)c3nc2-c2cccc(Cl)c2)cc1. The van der Waals surface area contributed by atoms with Gasteiger partial charge >= 0.3 is 5.97 Å². The molecule has 9 nitrogen and oxygen atoms in total. The van der Waals surface area contributed by atoms with Crippen molar-refractivity contribution in [2.75, 3.05) is 0 Å². The van der Waals surface area contributed by atoms with Gasteiger partial charge in [0.05, 0.1) is 39.4 Å². The summed E-state index contributed by atoms with van der Waals surface area (Å²) in [5.74, 6) is -0.643. The first-order valence-corrected chi connectivity index (χ1v) is 16.5. The van der Waals surface area contributed by atoms with Crippen molar-refractivity contribution < 1.29 is 25.2 Å². The van der Waals surface area contributed by atoms with Crippen LogP contribution in [0.15, 0.2) is 133 Å². The lowest BCUT2D eigenvalue weighted by Gasteiger charge is -2.12. The summed E-state index contributed by atoms with van der Waals surface area (Å²) in [5, 5.41) is 39.4. The van der Waals surface area contributed by atoms with E-state index >= 15 is 0 Å². The Morgan fingerprint density at radius 1 is 0.519 bits per heavy atom. The van der Waals surface area contributed by atoms with Crippen molar-refractivity contribution >= 4 is 39.6 Å². The fourth-order valence-electron chi connectivity index (χ4n) is 5.70. The number of benzene rings is 6. The van der Waals surface area contributed by atoms with E-state index in [1.165, 1.54) is 6.07 Å². The smallest absolute Gasteiger partial charge is 0.337 e. The zero-order chi connectivity index (χ0) is 36.4. The molecule has 0 atom stereocenters. The van der Waals surface area contributed by atoms with E-state index in [1.54, 1.807) is 91.0 Å². The number of hydrogen-bond donors (Lipinski definition) is 4. The number of rotatable bonds is 5. The van der Waals surface area contributed by atoms with Gasteiger partial charge in [-0.15, -0.1) is 0 Å². The van der Waals surface area contributed by atoms with Gasteiger partial charge in [0, 0.05) is 27.3 Å². The van der Waals surface area contributed by atoms with Crippen LogP contribution in [0.5, 0.6) is 17.2 Å². The predicted molar refractivity (Wildman–Crippen MR) is 203 cm³/mol. The first-order chi connectivity index (χ1) is 25.1. The van der Waals surface area contributed by atoms with E-state index in [4.69, 9.17) is 21.6 Å². The maximum atomic E-state index is 11.6. The molecule has 2 heterocycles. The Balaban J connectivity index is 0.000000162. The standard InChI is InChI=1S/C22H16N2O3.C20H13ClN2O2/c1-13-5-7-14(8-6-13)19-20(15-9-11-16(25)12-10-15)24-21-17(22(26)27)3-2-4-18(21)23-19;21-14-4-1-3-13(11-14)19-18(12-7-9-15(24)10-8-12)22-16-5-2-6-17(25)20(16)23-19/h2-12,25H,1H3,(H,26,27);1-11,24-25H. The minimum atomic E-state index is -1.05. The number of aromatic nitrogens is 4. The van der Waals surface area contributed by atoms with Crippen molar-refractivity contribution in [3.63, 3.8) is 0 Å². The molecule has 8 rings (SSSR count). The lowest BCUT2D eigenvalue weighted by molar-refractivity contribution is 0.0698. The summed E-state index contributed by atoms with van der Waals surface area (Å²) in [7, 11) is 0. The Hall–Kier alpha value is -6.84. The molecule has 4 N–H and O–H groups in total. The van der Waals surface area contributed by atoms with Crippen LogP contribution in [0.2, 0.25) is 5.02 Å². The van der Waals surface area contributed by atoms with Gasteiger partial charge in [-0.1, -0.05) is 65.7 Å². The highest BCUT2D eigenvalue weighted by Gasteiger charge is 2.18. The molecule has 52 heavy (non-hydrogen) atoms. The van der Waals surface area contributed by atoms with Gasteiger partial charge in [0.2, 0.25) is 0 Å². The quantitative estimate of drug-likeness (QED) is 0.137. The number of para-hydroxylation sites is 2. The summed E-state index contributed by atoms with van der Waals surface area (Å²) in [6.45, 7) is 2.01. The Morgan fingerprint density at radius 3 is 1.54 bits per heavy atom. The summed E-state index contributed by atoms with van der Waals surface area (Å²) in [5.41, 5.74) is 8.86. The zero-order valence-corrected chi connectivity index (χ0v) is 28.3. The number of phenols is 3. The molecule has 10 heteroatoms. The van der Waals surface area contributed by atoms with Gasteiger partial charge in [-0.3, -0.25) is 0 Å². The number of aromatic hydroxyl groups is 3. The van der Waals surface area contributed by atoms with Crippen LogP contribution >= 0.6 is 11.6 Å². The highest BCUT2D eigenvalue weighted by atomic mass is 35.5. The largest absolute Gasteiger partial charge is 0.508 e. The van der Waals surface area contributed by atoms with Crippen LogP contribution in [0.4, 0.5) is 0 Å². The van der Waals surface area contributed by atoms with Crippen LogP contribution < -0.4 is 0 Å². The third-order valence-corrected chi connectivity index (χ3v) is 8.54. The maximum Gasteiger partial charge on any atom is 0.337 e. The molecule has 2 aromatic heterocycles. The van der Waals surface area contributed by atoms with Gasteiger partial charge in [-0.2, -0.15) is 0 Å². The third-order valence-electron chi connectivity index (χ3n) is 8.30. The van der Waals surface area contributed by atoms with E-state index < -0.39 is 5.97 Å². The number of fused-ring (bicyclic) bond motifs is 2. The number of carboxylic acid groups (broad SMARTS) is 1.